The highest BCUT2D eigenvalue weighted by molar-refractivity contribution is 5.68. The zero-order chi connectivity index (χ0) is 17.4. The number of aromatic hydroxyl groups is 1. The molecule has 24 heavy (non-hydrogen) atoms. The van der Waals surface area contributed by atoms with Gasteiger partial charge in [-0.1, -0.05) is 12.1 Å². The Labute approximate surface area is 143 Å². The number of amides is 1. The molecule has 1 aromatic rings. The summed E-state index contributed by atoms with van der Waals surface area (Å²) in [6.07, 6.45) is 3.56. The van der Waals surface area contributed by atoms with E-state index < -0.39 is 5.60 Å². The summed E-state index contributed by atoms with van der Waals surface area (Å²) in [7, 11) is 0. The maximum absolute atomic E-state index is 12.4. The third-order valence-corrected chi connectivity index (χ3v) is 4.71. The number of nitrogens with zero attached hydrogens (tertiary/aromatic N) is 1. The van der Waals surface area contributed by atoms with Gasteiger partial charge >= 0.3 is 6.09 Å². The first-order valence-electron chi connectivity index (χ1n) is 8.71. The van der Waals surface area contributed by atoms with Crippen molar-refractivity contribution >= 4 is 6.09 Å². The van der Waals surface area contributed by atoms with E-state index >= 15 is 0 Å². The number of likely N-dealkylation sites (tertiary alicyclic amines) is 1. The van der Waals surface area contributed by atoms with E-state index in [-0.39, 0.29) is 23.5 Å². The Kier molecular flexibility index (Phi) is 4.47. The molecule has 2 aliphatic rings. The number of benzene rings is 1. The number of carbonyl (C=O) groups is 1. The Balaban J connectivity index is 1.66. The molecular weight excluding hydrogens is 306 g/mol. The van der Waals surface area contributed by atoms with E-state index in [2.05, 4.69) is 0 Å². The van der Waals surface area contributed by atoms with Crippen molar-refractivity contribution in [2.75, 3.05) is 13.1 Å². The average molecular weight is 333 g/mol. The van der Waals surface area contributed by atoms with Crippen LogP contribution in [0.4, 0.5) is 4.79 Å². The lowest BCUT2D eigenvalue weighted by Gasteiger charge is -2.40. The van der Waals surface area contributed by atoms with Gasteiger partial charge in [-0.3, -0.25) is 0 Å². The predicted molar refractivity (Wildman–Crippen MR) is 90.9 cm³/mol. The van der Waals surface area contributed by atoms with Crippen LogP contribution in [0.15, 0.2) is 24.3 Å². The molecule has 132 valence electrons. The van der Waals surface area contributed by atoms with Crippen LogP contribution >= 0.6 is 0 Å². The summed E-state index contributed by atoms with van der Waals surface area (Å²) in [6, 6.07) is 7.20. The minimum absolute atomic E-state index is 0.0317. The standard InChI is InChI=1S/C19H27NO4/c1-18(2,3)24-17(22)20-12-4-10-19(13-20)11-9-16(23-19)14-5-7-15(21)8-6-14/h5-8,16,21H,4,9-13H2,1-3H3. The molecule has 2 saturated heterocycles. The molecule has 3 rings (SSSR count). The summed E-state index contributed by atoms with van der Waals surface area (Å²) in [5.41, 5.74) is 0.337. The molecule has 0 aliphatic carbocycles. The van der Waals surface area contributed by atoms with E-state index in [1.807, 2.05) is 32.9 Å². The molecule has 2 heterocycles. The minimum Gasteiger partial charge on any atom is -0.508 e. The lowest BCUT2D eigenvalue weighted by atomic mass is 9.90. The van der Waals surface area contributed by atoms with Crippen molar-refractivity contribution < 1.29 is 19.4 Å². The summed E-state index contributed by atoms with van der Waals surface area (Å²) < 4.78 is 11.9. The van der Waals surface area contributed by atoms with Gasteiger partial charge in [0.2, 0.25) is 0 Å². The van der Waals surface area contributed by atoms with E-state index in [4.69, 9.17) is 9.47 Å². The van der Waals surface area contributed by atoms with Gasteiger partial charge in [-0.05, 0) is 64.2 Å². The van der Waals surface area contributed by atoms with E-state index in [1.165, 1.54) is 0 Å². The second-order valence-electron chi connectivity index (χ2n) is 7.93. The molecule has 0 radical (unpaired) electrons. The second kappa shape index (κ2) is 6.28. The Hall–Kier alpha value is -1.75. The fourth-order valence-electron chi connectivity index (χ4n) is 3.62. The summed E-state index contributed by atoms with van der Waals surface area (Å²) in [6.45, 7) is 6.98. The summed E-state index contributed by atoms with van der Waals surface area (Å²) in [5, 5.41) is 9.43. The maximum atomic E-state index is 12.4. The largest absolute Gasteiger partial charge is 0.508 e. The van der Waals surface area contributed by atoms with E-state index in [0.29, 0.717) is 6.54 Å². The molecule has 0 bridgehead atoms. The Bertz CT molecular complexity index is 592. The molecule has 2 atom stereocenters. The van der Waals surface area contributed by atoms with Gasteiger partial charge in [0.1, 0.15) is 11.4 Å². The van der Waals surface area contributed by atoms with Gasteiger partial charge in [-0.15, -0.1) is 0 Å². The van der Waals surface area contributed by atoms with E-state index in [1.54, 1.807) is 17.0 Å². The average Bonchev–Trinajstić information content (AvgIpc) is 2.90. The fraction of sp³-hybridized carbons (Fsp3) is 0.632. The van der Waals surface area contributed by atoms with Crippen molar-refractivity contribution in [2.24, 2.45) is 0 Å². The van der Waals surface area contributed by atoms with Crippen molar-refractivity contribution in [1.82, 2.24) is 4.90 Å². The zero-order valence-corrected chi connectivity index (χ0v) is 14.7. The SMILES string of the molecule is CC(C)(C)OC(=O)N1CCCC2(CCC(c3ccc(O)cc3)O2)C1. The quantitative estimate of drug-likeness (QED) is 0.843. The van der Waals surface area contributed by atoms with E-state index in [0.717, 1.165) is 37.8 Å². The van der Waals surface area contributed by atoms with Crippen LogP contribution in [0.25, 0.3) is 0 Å². The molecule has 1 aromatic carbocycles. The first-order chi connectivity index (χ1) is 11.3. The summed E-state index contributed by atoms with van der Waals surface area (Å²) in [4.78, 5) is 14.1. The number of carbonyl (C=O) groups excluding carboxylic acids is 1. The Morgan fingerprint density at radius 2 is 2.00 bits per heavy atom. The van der Waals surface area contributed by atoms with Crippen LogP contribution in [0.3, 0.4) is 0 Å². The second-order valence-corrected chi connectivity index (χ2v) is 7.93. The highest BCUT2D eigenvalue weighted by Crippen LogP contribution is 2.44. The number of ether oxygens (including phenoxy) is 2. The lowest BCUT2D eigenvalue weighted by Crippen LogP contribution is -2.51. The Morgan fingerprint density at radius 1 is 1.29 bits per heavy atom. The van der Waals surface area contributed by atoms with Crippen molar-refractivity contribution in [3.8, 4) is 5.75 Å². The maximum Gasteiger partial charge on any atom is 0.410 e. The van der Waals surface area contributed by atoms with Crippen LogP contribution in [0.5, 0.6) is 5.75 Å². The molecular formula is C19H27NO4. The van der Waals surface area contributed by atoms with Crippen LogP contribution in [0.1, 0.15) is 58.1 Å². The van der Waals surface area contributed by atoms with Gasteiger partial charge in [-0.25, -0.2) is 4.79 Å². The molecule has 1 amide bonds. The van der Waals surface area contributed by atoms with Crippen molar-refractivity contribution in [3.63, 3.8) is 0 Å². The lowest BCUT2D eigenvalue weighted by molar-refractivity contribution is -0.0858. The van der Waals surface area contributed by atoms with Crippen molar-refractivity contribution in [3.05, 3.63) is 29.8 Å². The van der Waals surface area contributed by atoms with Crippen molar-refractivity contribution in [2.45, 2.75) is 63.8 Å². The van der Waals surface area contributed by atoms with Crippen LogP contribution < -0.4 is 0 Å². The minimum atomic E-state index is -0.479. The van der Waals surface area contributed by atoms with Gasteiger partial charge in [0, 0.05) is 6.54 Å². The zero-order valence-electron chi connectivity index (χ0n) is 14.7. The van der Waals surface area contributed by atoms with Gasteiger partial charge in [0.25, 0.3) is 0 Å². The molecule has 2 unspecified atom stereocenters. The molecule has 5 heteroatoms. The number of phenolic OH excluding ortho intramolecular Hbond substituents is 1. The van der Waals surface area contributed by atoms with Crippen molar-refractivity contribution in [1.29, 1.82) is 0 Å². The van der Waals surface area contributed by atoms with Gasteiger partial charge in [0.15, 0.2) is 0 Å². The normalized spacial score (nSPS) is 27.5. The molecule has 2 fully saturated rings. The monoisotopic (exact) mass is 333 g/mol. The number of piperidine rings is 1. The number of rotatable bonds is 1. The van der Waals surface area contributed by atoms with Gasteiger partial charge < -0.3 is 19.5 Å². The summed E-state index contributed by atoms with van der Waals surface area (Å²) >= 11 is 0. The third kappa shape index (κ3) is 3.83. The summed E-state index contributed by atoms with van der Waals surface area (Å²) in [5.74, 6) is 0.264. The van der Waals surface area contributed by atoms with Gasteiger partial charge in [0.05, 0.1) is 18.2 Å². The van der Waals surface area contributed by atoms with Gasteiger partial charge in [-0.2, -0.15) is 0 Å². The van der Waals surface area contributed by atoms with Crippen LogP contribution in [-0.2, 0) is 9.47 Å². The highest BCUT2D eigenvalue weighted by atomic mass is 16.6. The number of hydrogen-bond acceptors (Lipinski definition) is 4. The fourth-order valence-corrected chi connectivity index (χ4v) is 3.62. The molecule has 0 aromatic heterocycles. The number of phenols is 1. The Morgan fingerprint density at radius 3 is 2.67 bits per heavy atom. The topological polar surface area (TPSA) is 59.0 Å². The van der Waals surface area contributed by atoms with E-state index in [9.17, 15) is 9.90 Å². The van der Waals surface area contributed by atoms with Crippen LogP contribution in [0.2, 0.25) is 0 Å². The molecule has 2 aliphatic heterocycles. The number of hydrogen-bond donors (Lipinski definition) is 1. The highest BCUT2D eigenvalue weighted by Gasteiger charge is 2.45. The molecule has 1 spiro atoms. The van der Waals surface area contributed by atoms with Crippen LogP contribution in [-0.4, -0.2) is 40.4 Å². The molecule has 1 N–H and O–H groups in total. The molecule has 5 nitrogen and oxygen atoms in total. The first kappa shape index (κ1) is 17.1. The first-order valence-corrected chi connectivity index (χ1v) is 8.71. The predicted octanol–water partition coefficient (Wildman–Crippen LogP) is 4.01. The van der Waals surface area contributed by atoms with Crippen LogP contribution in [0, 0.1) is 0 Å². The smallest absolute Gasteiger partial charge is 0.410 e. The molecule has 0 saturated carbocycles. The third-order valence-electron chi connectivity index (χ3n) is 4.71.